The van der Waals surface area contributed by atoms with Gasteiger partial charge in [-0.2, -0.15) is 0 Å². The molecule has 5 nitrogen and oxygen atoms in total. The lowest BCUT2D eigenvalue weighted by Gasteiger charge is -2.17. The maximum absolute atomic E-state index is 12.8. The number of rotatable bonds is 8. The minimum absolute atomic E-state index is 0.144. The molecule has 25 heavy (non-hydrogen) atoms. The van der Waals surface area contributed by atoms with Gasteiger partial charge in [0.25, 0.3) is 0 Å². The number of thioether (sulfide) groups is 1. The van der Waals surface area contributed by atoms with Crippen LogP contribution in [0.25, 0.3) is 0 Å². The lowest BCUT2D eigenvalue weighted by Crippen LogP contribution is -2.19. The number of hydrogen-bond donors (Lipinski definition) is 1. The number of esters is 1. The fourth-order valence-corrected chi connectivity index (χ4v) is 3.30. The van der Waals surface area contributed by atoms with E-state index in [0.717, 1.165) is 5.56 Å². The molecule has 0 saturated carbocycles. The third-order valence-corrected chi connectivity index (χ3v) is 4.76. The minimum atomic E-state index is -0.419. The van der Waals surface area contributed by atoms with E-state index in [9.17, 15) is 9.59 Å². The molecular formula is C19H21NO4S. The number of ether oxygens (including phenoxy) is 2. The summed E-state index contributed by atoms with van der Waals surface area (Å²) in [6.07, 6.45) is 0.261. The first-order chi connectivity index (χ1) is 12.1. The van der Waals surface area contributed by atoms with Gasteiger partial charge < -0.3 is 14.8 Å². The van der Waals surface area contributed by atoms with Crippen molar-refractivity contribution in [1.29, 1.82) is 0 Å². The van der Waals surface area contributed by atoms with Gasteiger partial charge in [0.05, 0.1) is 20.6 Å². The highest BCUT2D eigenvalue weighted by atomic mass is 32.2. The van der Waals surface area contributed by atoms with Crippen molar-refractivity contribution in [2.24, 2.45) is 0 Å². The summed E-state index contributed by atoms with van der Waals surface area (Å²) in [5.74, 6) is 0.742. The van der Waals surface area contributed by atoms with E-state index in [2.05, 4.69) is 10.1 Å². The van der Waals surface area contributed by atoms with Gasteiger partial charge >= 0.3 is 5.97 Å². The molecule has 0 aliphatic heterocycles. The van der Waals surface area contributed by atoms with Crippen LogP contribution in [0, 0.1) is 0 Å². The molecule has 0 bridgehead atoms. The predicted molar refractivity (Wildman–Crippen MR) is 99.9 cm³/mol. The zero-order chi connectivity index (χ0) is 18.1. The summed E-state index contributed by atoms with van der Waals surface area (Å²) in [5, 5.41) is 2.49. The second-order valence-electron chi connectivity index (χ2n) is 5.21. The molecule has 0 unspecified atom stereocenters. The average Bonchev–Trinajstić information content (AvgIpc) is 2.65. The molecular weight excluding hydrogens is 338 g/mol. The van der Waals surface area contributed by atoms with Gasteiger partial charge in [-0.1, -0.05) is 36.4 Å². The van der Waals surface area contributed by atoms with Crippen molar-refractivity contribution < 1.29 is 19.1 Å². The van der Waals surface area contributed by atoms with Gasteiger partial charge in [-0.25, -0.2) is 0 Å². The van der Waals surface area contributed by atoms with Crippen LogP contribution in [0.3, 0.4) is 0 Å². The number of carbonyl (C=O) groups excluding carboxylic acids is 2. The van der Waals surface area contributed by atoms with Gasteiger partial charge in [-0.05, 0) is 17.7 Å². The van der Waals surface area contributed by atoms with Crippen molar-refractivity contribution in [3.05, 3.63) is 60.2 Å². The molecule has 0 aromatic heterocycles. The van der Waals surface area contributed by atoms with E-state index < -0.39 is 5.25 Å². The summed E-state index contributed by atoms with van der Waals surface area (Å²) in [6.45, 7) is 0. The molecule has 0 aliphatic carbocycles. The van der Waals surface area contributed by atoms with E-state index in [4.69, 9.17) is 4.74 Å². The van der Waals surface area contributed by atoms with Crippen LogP contribution in [0.5, 0.6) is 5.75 Å². The van der Waals surface area contributed by atoms with Gasteiger partial charge in [-0.15, -0.1) is 11.8 Å². The second kappa shape index (κ2) is 9.74. The fourth-order valence-electron chi connectivity index (χ4n) is 2.22. The molecule has 2 aromatic rings. The number of nitrogens with one attached hydrogen (secondary N) is 1. The number of benzene rings is 2. The van der Waals surface area contributed by atoms with Gasteiger partial charge in [0.15, 0.2) is 0 Å². The van der Waals surface area contributed by atoms with Crippen molar-refractivity contribution in [2.45, 2.75) is 11.7 Å². The van der Waals surface area contributed by atoms with Crippen LogP contribution in [0.2, 0.25) is 0 Å². The molecule has 0 spiro atoms. The van der Waals surface area contributed by atoms with E-state index in [1.165, 1.54) is 18.9 Å². The minimum Gasteiger partial charge on any atom is -0.497 e. The van der Waals surface area contributed by atoms with Crippen LogP contribution in [-0.4, -0.2) is 31.8 Å². The first kappa shape index (κ1) is 18.9. The number of anilines is 1. The van der Waals surface area contributed by atoms with Crippen LogP contribution in [-0.2, 0) is 14.3 Å². The number of hydrogen-bond acceptors (Lipinski definition) is 5. The highest BCUT2D eigenvalue weighted by molar-refractivity contribution is 8.00. The predicted octanol–water partition coefficient (Wildman–Crippen LogP) is 3.67. The Morgan fingerprint density at radius 1 is 1.08 bits per heavy atom. The molecule has 1 amide bonds. The lowest BCUT2D eigenvalue weighted by atomic mass is 10.1. The zero-order valence-electron chi connectivity index (χ0n) is 14.2. The van der Waals surface area contributed by atoms with E-state index in [1.807, 2.05) is 48.5 Å². The van der Waals surface area contributed by atoms with Crippen molar-refractivity contribution >= 4 is 29.3 Å². The molecule has 2 aromatic carbocycles. The molecule has 0 heterocycles. The first-order valence-electron chi connectivity index (χ1n) is 7.82. The Morgan fingerprint density at radius 2 is 1.84 bits per heavy atom. The number of amides is 1. The van der Waals surface area contributed by atoms with Gasteiger partial charge in [-0.3, -0.25) is 9.59 Å². The molecule has 1 atom stereocenters. The quantitative estimate of drug-likeness (QED) is 0.729. The molecule has 0 aliphatic rings. The topological polar surface area (TPSA) is 64.6 Å². The Labute approximate surface area is 151 Å². The number of carbonyl (C=O) groups is 2. The standard InChI is InChI=1S/C19H21NO4S/c1-23-16-10-6-9-15(13-16)20-19(22)18(14-7-4-3-5-8-14)25-12-11-17(21)24-2/h3-10,13,18H,11-12H2,1-2H3,(H,20,22)/t18-/m0/s1. The summed E-state index contributed by atoms with van der Waals surface area (Å²) in [7, 11) is 2.94. The summed E-state index contributed by atoms with van der Waals surface area (Å²) >= 11 is 1.41. The Kier molecular flexibility index (Phi) is 7.35. The van der Waals surface area contributed by atoms with Gasteiger partial charge in [0.2, 0.25) is 5.91 Å². The molecule has 0 radical (unpaired) electrons. The third-order valence-electron chi connectivity index (χ3n) is 3.50. The van der Waals surface area contributed by atoms with Gasteiger partial charge in [0, 0.05) is 17.5 Å². The van der Waals surface area contributed by atoms with E-state index in [1.54, 1.807) is 13.2 Å². The molecule has 0 saturated heterocycles. The molecule has 0 fully saturated rings. The van der Waals surface area contributed by atoms with E-state index in [0.29, 0.717) is 17.2 Å². The monoisotopic (exact) mass is 359 g/mol. The Bertz CT molecular complexity index is 706. The van der Waals surface area contributed by atoms with Crippen LogP contribution in [0.15, 0.2) is 54.6 Å². The van der Waals surface area contributed by atoms with Crippen LogP contribution < -0.4 is 10.1 Å². The van der Waals surface area contributed by atoms with E-state index >= 15 is 0 Å². The van der Waals surface area contributed by atoms with Crippen molar-refractivity contribution in [1.82, 2.24) is 0 Å². The van der Waals surface area contributed by atoms with Gasteiger partial charge in [0.1, 0.15) is 11.0 Å². The summed E-state index contributed by atoms with van der Waals surface area (Å²) < 4.78 is 9.83. The molecule has 6 heteroatoms. The second-order valence-corrected chi connectivity index (χ2v) is 6.42. The van der Waals surface area contributed by atoms with Crippen molar-refractivity contribution in [3.8, 4) is 5.75 Å². The number of methoxy groups -OCH3 is 2. The summed E-state index contributed by atoms with van der Waals surface area (Å²) in [6, 6.07) is 16.7. The first-order valence-corrected chi connectivity index (χ1v) is 8.87. The maximum Gasteiger partial charge on any atom is 0.306 e. The fraction of sp³-hybridized carbons (Fsp3) is 0.263. The third kappa shape index (κ3) is 5.83. The zero-order valence-corrected chi connectivity index (χ0v) is 15.0. The largest absolute Gasteiger partial charge is 0.497 e. The smallest absolute Gasteiger partial charge is 0.306 e. The van der Waals surface area contributed by atoms with Crippen LogP contribution in [0.1, 0.15) is 17.2 Å². The average molecular weight is 359 g/mol. The molecule has 132 valence electrons. The normalized spacial score (nSPS) is 11.4. The maximum atomic E-state index is 12.8. The summed E-state index contributed by atoms with van der Waals surface area (Å²) in [4.78, 5) is 24.1. The molecule has 1 N–H and O–H groups in total. The Morgan fingerprint density at radius 3 is 2.52 bits per heavy atom. The Hall–Kier alpha value is -2.47. The van der Waals surface area contributed by atoms with Crippen molar-refractivity contribution in [3.63, 3.8) is 0 Å². The highest BCUT2D eigenvalue weighted by Gasteiger charge is 2.21. The van der Waals surface area contributed by atoms with Crippen LogP contribution >= 0.6 is 11.8 Å². The lowest BCUT2D eigenvalue weighted by molar-refractivity contribution is -0.140. The van der Waals surface area contributed by atoms with E-state index in [-0.39, 0.29) is 18.3 Å². The van der Waals surface area contributed by atoms with Crippen molar-refractivity contribution in [2.75, 3.05) is 25.3 Å². The highest BCUT2D eigenvalue weighted by Crippen LogP contribution is 2.31. The Balaban J connectivity index is 2.10. The molecule has 2 rings (SSSR count). The van der Waals surface area contributed by atoms with Crippen LogP contribution in [0.4, 0.5) is 5.69 Å². The SMILES string of the molecule is COC(=O)CCS[C@H](C(=O)Nc1cccc(OC)c1)c1ccccc1. The summed E-state index contributed by atoms with van der Waals surface area (Å²) in [5.41, 5.74) is 1.55.